The Morgan fingerprint density at radius 1 is 0.385 bits per heavy atom. The molecular formula is C63H88N16O17. The van der Waals surface area contributed by atoms with Crippen LogP contribution in [-0.2, 0) is 89.6 Å². The van der Waals surface area contributed by atoms with Crippen molar-refractivity contribution in [1.82, 2.24) is 57.2 Å². The van der Waals surface area contributed by atoms with Gasteiger partial charge in [0.25, 0.3) is 0 Å². The number of likely N-dealkylation sites (tertiary alicyclic amines) is 3. The number of hydrogen-bond donors (Lipinski definition) is 14. The number of aliphatic carboxylic acids is 1. The summed E-state index contributed by atoms with van der Waals surface area (Å²) in [5, 5.41) is 31.2. The number of nitrogens with zero attached hydrogens (tertiary/aromatic N) is 3. The average molecular weight is 1340 g/mol. The number of primary amides is 5. The topological polar surface area (TPSA) is 529 Å². The molecule has 6 rings (SSSR count). The number of carbonyl (C=O) groups is 16. The number of nitrogens with one attached hydrogen (secondary N) is 8. The fraction of sp³-hybridized carbons (Fsp3) is 0.556. The molecule has 33 nitrogen and oxygen atoms in total. The summed E-state index contributed by atoms with van der Waals surface area (Å²) in [5.74, 6) is -14.0. The van der Waals surface area contributed by atoms with Crippen LogP contribution in [0.2, 0.25) is 0 Å². The molecule has 11 atom stereocenters. The highest BCUT2D eigenvalue weighted by Gasteiger charge is 2.44. The summed E-state index contributed by atoms with van der Waals surface area (Å²) in [7, 11) is 0. The van der Waals surface area contributed by atoms with Gasteiger partial charge in [0.05, 0.1) is 6.04 Å². The quantitative estimate of drug-likeness (QED) is 0.0301. The lowest BCUT2D eigenvalue weighted by Crippen LogP contribution is -2.61. The Bertz CT molecular complexity index is 3190. The van der Waals surface area contributed by atoms with E-state index in [1.165, 1.54) is 0 Å². The van der Waals surface area contributed by atoms with E-state index in [0.717, 1.165) is 14.7 Å². The van der Waals surface area contributed by atoms with Crippen molar-refractivity contribution in [2.45, 2.75) is 195 Å². The molecule has 0 aliphatic carbocycles. The van der Waals surface area contributed by atoms with Crippen LogP contribution in [0, 0.1) is 0 Å². The van der Waals surface area contributed by atoms with Crippen LogP contribution < -0.4 is 71.2 Å². The highest BCUT2D eigenvalue weighted by Crippen LogP contribution is 2.24. The standard InChI is InChI=1S/C63H88N16O17/c64-48(80)24-19-38(70-53(85)37-15-7-29-69-37)54(86)72-40(21-26-50(66)82)60(92)77-30-8-16-45(77)58(90)71-39(20-25-49(65)81)55(87)73-41(22-27-51(67)83)61(93)78-31-9-17-46(78)59(91)76-44(34-36-13-5-2-6-14-36)57(89)75-43(33-35-11-3-1-4-12-35)56(88)74-42(23-28-52(68)84)62(94)79-32-10-18-47(79)63(95)96/h1-6,11-14,37-47,69H,7-10,15-34H2,(H2,64,80)(H2,65,81)(H2,66,82)(H2,67,83)(H2,68,84)(H,70,85)(H,71,90)(H,72,86)(H,73,87)(H,74,88)(H,75,89)(H,76,91)(H,95,96)/t37-,38-,39-,40-,41-,42-,43-,44-,45-,46-,47-/m0/s1. The third-order valence-electron chi connectivity index (χ3n) is 17.2. The van der Waals surface area contributed by atoms with Crippen molar-refractivity contribution in [3.63, 3.8) is 0 Å². The van der Waals surface area contributed by atoms with E-state index in [9.17, 15) is 81.8 Å². The van der Waals surface area contributed by atoms with Crippen LogP contribution in [0.25, 0.3) is 0 Å². The number of carboxylic acid groups (broad SMARTS) is 1. The number of amides is 15. The van der Waals surface area contributed by atoms with Crippen LogP contribution in [0.1, 0.15) is 127 Å². The maximum Gasteiger partial charge on any atom is 0.326 e. The highest BCUT2D eigenvalue weighted by molar-refractivity contribution is 6.00. The van der Waals surface area contributed by atoms with Crippen molar-refractivity contribution in [3.05, 3.63) is 71.8 Å². The van der Waals surface area contributed by atoms with Crippen molar-refractivity contribution in [3.8, 4) is 0 Å². The van der Waals surface area contributed by atoms with E-state index in [1.54, 1.807) is 60.7 Å². The predicted octanol–water partition coefficient (Wildman–Crippen LogP) is -5.00. The summed E-state index contributed by atoms with van der Waals surface area (Å²) < 4.78 is 0. The molecule has 0 unspecified atom stereocenters. The molecule has 4 fully saturated rings. The lowest BCUT2D eigenvalue weighted by molar-refractivity contribution is -0.149. The molecule has 4 saturated heterocycles. The number of carbonyl (C=O) groups excluding carboxylic acids is 15. The van der Waals surface area contributed by atoms with Crippen molar-refractivity contribution >= 4 is 94.6 Å². The molecule has 33 heteroatoms. The van der Waals surface area contributed by atoms with Crippen LogP contribution in [0.3, 0.4) is 0 Å². The maximum atomic E-state index is 14.8. The van der Waals surface area contributed by atoms with E-state index in [4.69, 9.17) is 28.7 Å². The summed E-state index contributed by atoms with van der Waals surface area (Å²) >= 11 is 0. The molecule has 19 N–H and O–H groups in total. The molecule has 522 valence electrons. The summed E-state index contributed by atoms with van der Waals surface area (Å²) in [6.45, 7) is 0.472. The van der Waals surface area contributed by atoms with Crippen molar-refractivity contribution in [2.75, 3.05) is 26.2 Å². The second-order valence-corrected chi connectivity index (χ2v) is 24.4. The molecule has 4 aliphatic heterocycles. The summed E-state index contributed by atoms with van der Waals surface area (Å²) in [6, 6.07) is 1.90. The molecule has 2 aromatic carbocycles. The van der Waals surface area contributed by atoms with Crippen LogP contribution in [0.4, 0.5) is 0 Å². The second kappa shape index (κ2) is 36.5. The largest absolute Gasteiger partial charge is 0.480 e. The van der Waals surface area contributed by atoms with Gasteiger partial charge in [-0.3, -0.25) is 71.9 Å². The molecule has 0 spiro atoms. The molecule has 4 heterocycles. The predicted molar refractivity (Wildman–Crippen MR) is 339 cm³/mol. The first-order valence-corrected chi connectivity index (χ1v) is 32.2. The van der Waals surface area contributed by atoms with Gasteiger partial charge >= 0.3 is 5.97 Å². The molecular weight excluding hydrogens is 1250 g/mol. The minimum Gasteiger partial charge on any atom is -0.480 e. The Labute approximate surface area is 553 Å². The van der Waals surface area contributed by atoms with E-state index in [-0.39, 0.29) is 96.7 Å². The first-order chi connectivity index (χ1) is 45.7. The first-order valence-electron chi connectivity index (χ1n) is 32.2. The zero-order valence-corrected chi connectivity index (χ0v) is 53.3. The normalized spacial score (nSPS) is 19.6. The highest BCUT2D eigenvalue weighted by atomic mass is 16.4. The van der Waals surface area contributed by atoms with Gasteiger partial charge in [0, 0.05) is 64.6 Å². The average Bonchev–Trinajstić information content (AvgIpc) is 1.60. The monoisotopic (exact) mass is 1340 g/mol. The molecule has 96 heavy (non-hydrogen) atoms. The number of benzene rings is 2. The fourth-order valence-corrected chi connectivity index (χ4v) is 12.2. The lowest BCUT2D eigenvalue weighted by atomic mass is 10.0. The van der Waals surface area contributed by atoms with Gasteiger partial charge in [-0.2, -0.15) is 0 Å². The molecule has 4 aliphatic rings. The molecule has 0 aromatic heterocycles. The van der Waals surface area contributed by atoms with Gasteiger partial charge in [-0.1, -0.05) is 60.7 Å². The molecule has 0 bridgehead atoms. The van der Waals surface area contributed by atoms with Crippen molar-refractivity contribution in [2.24, 2.45) is 28.7 Å². The number of carboxylic acids is 1. The van der Waals surface area contributed by atoms with Crippen molar-refractivity contribution in [1.29, 1.82) is 0 Å². The maximum absolute atomic E-state index is 14.8. The van der Waals surface area contributed by atoms with Crippen LogP contribution >= 0.6 is 0 Å². The van der Waals surface area contributed by atoms with Gasteiger partial charge in [0.1, 0.15) is 60.4 Å². The SMILES string of the molecule is NC(=O)CC[C@H](NC(=O)[C@@H]1CCCN1)C(=O)N[C@@H](CCC(N)=O)C(=O)N1CCC[C@H]1C(=O)N[C@@H](CCC(N)=O)C(=O)N[C@@H](CCC(N)=O)C(=O)N1CCC[C@H]1C(=O)N[C@@H](Cc1ccccc1)C(=O)N[C@@H](Cc1ccccc1)C(=O)N[C@@H](CCC(N)=O)C(=O)N1CCC[C@H]1C(=O)O. The summed E-state index contributed by atoms with van der Waals surface area (Å²) in [6.07, 6.45) is -2.06. The number of rotatable bonds is 37. The zero-order valence-electron chi connectivity index (χ0n) is 53.3. The third kappa shape index (κ3) is 22.6. The van der Waals surface area contributed by atoms with Crippen LogP contribution in [-0.4, -0.2) is 207 Å². The Hall–Kier alpha value is -10.1. The lowest BCUT2D eigenvalue weighted by Gasteiger charge is -2.32. The second-order valence-electron chi connectivity index (χ2n) is 24.4. The minimum atomic E-state index is -1.65. The molecule has 0 radical (unpaired) electrons. The molecule has 0 saturated carbocycles. The molecule has 15 amide bonds. The van der Waals surface area contributed by atoms with E-state index in [1.807, 2.05) is 0 Å². The van der Waals surface area contributed by atoms with Gasteiger partial charge < -0.3 is 91.0 Å². The Morgan fingerprint density at radius 2 is 0.688 bits per heavy atom. The Morgan fingerprint density at radius 3 is 1.03 bits per heavy atom. The van der Waals surface area contributed by atoms with Crippen molar-refractivity contribution < 1.29 is 81.8 Å². The van der Waals surface area contributed by atoms with Gasteiger partial charge in [0.2, 0.25) is 88.6 Å². The van der Waals surface area contributed by atoms with Gasteiger partial charge in [-0.15, -0.1) is 0 Å². The van der Waals surface area contributed by atoms with Gasteiger partial charge in [-0.05, 0) is 101 Å². The van der Waals surface area contributed by atoms with E-state index in [2.05, 4.69) is 42.5 Å². The first kappa shape index (κ1) is 75.0. The van der Waals surface area contributed by atoms with Crippen LogP contribution in [0.15, 0.2) is 60.7 Å². The summed E-state index contributed by atoms with van der Waals surface area (Å²) in [5.41, 5.74) is 28.4. The van der Waals surface area contributed by atoms with E-state index in [0.29, 0.717) is 36.9 Å². The summed E-state index contributed by atoms with van der Waals surface area (Å²) in [4.78, 5) is 219. The Kier molecular flexibility index (Phi) is 28.5. The number of hydrogen-bond acceptors (Lipinski definition) is 17. The number of nitrogens with two attached hydrogens (primary N) is 5. The van der Waals surface area contributed by atoms with Gasteiger partial charge in [0.15, 0.2) is 0 Å². The zero-order chi connectivity index (χ0) is 70.2. The third-order valence-corrected chi connectivity index (χ3v) is 17.2. The smallest absolute Gasteiger partial charge is 0.326 e. The Balaban J connectivity index is 1.20. The molecule has 2 aromatic rings. The van der Waals surface area contributed by atoms with E-state index >= 15 is 0 Å². The van der Waals surface area contributed by atoms with Crippen LogP contribution in [0.5, 0.6) is 0 Å². The van der Waals surface area contributed by atoms with Gasteiger partial charge in [-0.25, -0.2) is 4.79 Å². The van der Waals surface area contributed by atoms with E-state index < -0.39 is 193 Å². The fourth-order valence-electron chi connectivity index (χ4n) is 12.2. The minimum absolute atomic E-state index is 0.0125.